The average Bonchev–Trinajstić information content (AvgIpc) is 2.81. The molecule has 6 nitrogen and oxygen atoms in total. The van der Waals surface area contributed by atoms with Crippen LogP contribution in [0.1, 0.15) is 12.0 Å². The Kier molecular flexibility index (Phi) is 4.12. The van der Waals surface area contributed by atoms with Gasteiger partial charge in [-0.3, -0.25) is 20.3 Å². The van der Waals surface area contributed by atoms with Gasteiger partial charge in [0.2, 0.25) is 5.91 Å². The fraction of sp³-hybridized carbons (Fsp3) is 0.417. The summed E-state index contributed by atoms with van der Waals surface area (Å²) < 4.78 is 39.3. The Morgan fingerprint density at radius 3 is 2.38 bits per heavy atom. The Bertz CT molecular complexity index is 545. The Balaban J connectivity index is 2.15. The molecule has 114 valence electrons. The Hall–Kier alpha value is -2.16. The number of nitro groups is 1. The molecule has 1 aliphatic rings. The van der Waals surface area contributed by atoms with Crippen LogP contribution in [-0.2, 0) is 11.2 Å². The van der Waals surface area contributed by atoms with E-state index in [2.05, 4.69) is 5.43 Å². The van der Waals surface area contributed by atoms with Crippen LogP contribution in [0.15, 0.2) is 24.3 Å². The molecular weight excluding hydrogens is 291 g/mol. The summed E-state index contributed by atoms with van der Waals surface area (Å²) in [5.41, 5.74) is 2.30. The maximum Gasteiger partial charge on any atom is 0.406 e. The SMILES string of the molecule is O=C1CCN(C(Cc2ccc([N+](=O)[O-])cc2)C(F)(F)F)N1. The molecule has 1 aliphatic heterocycles. The van der Waals surface area contributed by atoms with E-state index in [1.165, 1.54) is 12.1 Å². The van der Waals surface area contributed by atoms with Gasteiger partial charge in [-0.15, -0.1) is 0 Å². The van der Waals surface area contributed by atoms with E-state index in [0.717, 1.165) is 17.1 Å². The van der Waals surface area contributed by atoms with Gasteiger partial charge >= 0.3 is 6.18 Å². The number of halogens is 3. The van der Waals surface area contributed by atoms with E-state index in [1.54, 1.807) is 0 Å². The van der Waals surface area contributed by atoms with Gasteiger partial charge in [-0.2, -0.15) is 13.2 Å². The lowest BCUT2D eigenvalue weighted by atomic mass is 10.0. The highest BCUT2D eigenvalue weighted by molar-refractivity contribution is 5.77. The first kappa shape index (κ1) is 15.2. The van der Waals surface area contributed by atoms with Crippen molar-refractivity contribution < 1.29 is 22.9 Å². The third-order valence-corrected chi connectivity index (χ3v) is 3.18. The van der Waals surface area contributed by atoms with Gasteiger partial charge in [0.15, 0.2) is 0 Å². The zero-order valence-corrected chi connectivity index (χ0v) is 10.8. The average molecular weight is 303 g/mol. The number of nitrogens with zero attached hydrogens (tertiary/aromatic N) is 2. The maximum absolute atomic E-state index is 13.1. The topological polar surface area (TPSA) is 75.5 Å². The molecule has 1 amide bonds. The van der Waals surface area contributed by atoms with Crippen LogP contribution in [0.4, 0.5) is 18.9 Å². The highest BCUT2D eigenvalue weighted by Crippen LogP contribution is 2.28. The largest absolute Gasteiger partial charge is 0.406 e. The molecule has 1 atom stereocenters. The molecule has 0 spiro atoms. The zero-order chi connectivity index (χ0) is 15.6. The molecule has 0 saturated carbocycles. The molecule has 1 N–H and O–H groups in total. The Morgan fingerprint density at radius 1 is 1.33 bits per heavy atom. The van der Waals surface area contributed by atoms with E-state index in [0.29, 0.717) is 5.56 Å². The quantitative estimate of drug-likeness (QED) is 0.680. The molecule has 0 aliphatic carbocycles. The van der Waals surface area contributed by atoms with Crippen molar-refractivity contribution in [2.24, 2.45) is 0 Å². The number of hydrogen-bond acceptors (Lipinski definition) is 4. The monoisotopic (exact) mass is 303 g/mol. The number of rotatable bonds is 4. The van der Waals surface area contributed by atoms with Crippen LogP contribution in [0.3, 0.4) is 0 Å². The highest BCUT2D eigenvalue weighted by atomic mass is 19.4. The van der Waals surface area contributed by atoms with Crippen LogP contribution in [0.5, 0.6) is 0 Å². The van der Waals surface area contributed by atoms with Crippen LogP contribution in [0, 0.1) is 10.1 Å². The van der Waals surface area contributed by atoms with E-state index in [-0.39, 0.29) is 25.1 Å². The second kappa shape index (κ2) is 5.68. The summed E-state index contributed by atoms with van der Waals surface area (Å²) in [6.07, 6.45) is -4.88. The van der Waals surface area contributed by atoms with E-state index in [9.17, 15) is 28.1 Å². The minimum atomic E-state index is -4.51. The third-order valence-electron chi connectivity index (χ3n) is 3.18. The first-order valence-electron chi connectivity index (χ1n) is 6.13. The molecule has 1 saturated heterocycles. The van der Waals surface area contributed by atoms with Crippen molar-refractivity contribution in [3.8, 4) is 0 Å². The summed E-state index contributed by atoms with van der Waals surface area (Å²) in [7, 11) is 0. The van der Waals surface area contributed by atoms with Crippen LogP contribution in [0.2, 0.25) is 0 Å². The fourth-order valence-electron chi connectivity index (χ4n) is 2.11. The van der Waals surface area contributed by atoms with E-state index < -0.39 is 23.0 Å². The lowest BCUT2D eigenvalue weighted by Crippen LogP contribution is -2.51. The van der Waals surface area contributed by atoms with Crippen molar-refractivity contribution in [1.29, 1.82) is 0 Å². The maximum atomic E-state index is 13.1. The summed E-state index contributed by atoms with van der Waals surface area (Å²) in [5, 5.41) is 11.4. The summed E-state index contributed by atoms with van der Waals surface area (Å²) in [5.74, 6) is -0.451. The predicted octanol–water partition coefficient (Wildman–Crippen LogP) is 1.81. The third kappa shape index (κ3) is 3.69. The van der Waals surface area contributed by atoms with Gasteiger partial charge in [0.05, 0.1) is 4.92 Å². The highest BCUT2D eigenvalue weighted by Gasteiger charge is 2.45. The standard InChI is InChI=1S/C12H12F3N3O3/c13-12(14,15)10(17-6-5-11(19)16-17)7-8-1-3-9(4-2-8)18(20)21/h1-4,10H,5-7H2,(H,16,19). The van der Waals surface area contributed by atoms with Gasteiger partial charge in [0.1, 0.15) is 6.04 Å². The number of carbonyl (C=O) groups excluding carboxylic acids is 1. The molecule has 21 heavy (non-hydrogen) atoms. The summed E-state index contributed by atoms with van der Waals surface area (Å²) in [6.45, 7) is -0.0179. The summed E-state index contributed by atoms with van der Waals surface area (Å²) >= 11 is 0. The first-order valence-corrected chi connectivity index (χ1v) is 6.13. The molecule has 1 heterocycles. The lowest BCUT2D eigenvalue weighted by molar-refractivity contribution is -0.384. The molecule has 1 aromatic rings. The van der Waals surface area contributed by atoms with Gasteiger partial charge in [-0.1, -0.05) is 12.1 Å². The number of hydrogen-bond donors (Lipinski definition) is 1. The molecule has 2 rings (SSSR count). The molecule has 0 aromatic heterocycles. The number of carbonyl (C=O) groups is 1. The minimum Gasteiger partial charge on any atom is -0.288 e. The molecule has 0 bridgehead atoms. The van der Waals surface area contributed by atoms with Crippen molar-refractivity contribution in [3.63, 3.8) is 0 Å². The number of nitro benzene ring substituents is 1. The predicted molar refractivity (Wildman–Crippen MR) is 66.1 cm³/mol. The second-order valence-corrected chi connectivity index (χ2v) is 4.66. The van der Waals surface area contributed by atoms with Crippen molar-refractivity contribution in [2.75, 3.05) is 6.54 Å². The zero-order valence-electron chi connectivity index (χ0n) is 10.8. The van der Waals surface area contributed by atoms with E-state index in [4.69, 9.17) is 0 Å². The molecule has 9 heteroatoms. The van der Waals surface area contributed by atoms with Crippen molar-refractivity contribution >= 4 is 11.6 Å². The Labute approximate surface area is 117 Å². The smallest absolute Gasteiger partial charge is 0.288 e. The number of amides is 1. The molecule has 1 aromatic carbocycles. The van der Waals surface area contributed by atoms with Crippen LogP contribution < -0.4 is 5.43 Å². The van der Waals surface area contributed by atoms with Gasteiger partial charge in [-0.25, -0.2) is 5.01 Å². The van der Waals surface area contributed by atoms with Crippen molar-refractivity contribution in [3.05, 3.63) is 39.9 Å². The number of hydrazine groups is 1. The summed E-state index contributed by atoms with van der Waals surface area (Å²) in [4.78, 5) is 21.0. The van der Waals surface area contributed by atoms with E-state index in [1.807, 2.05) is 0 Å². The van der Waals surface area contributed by atoms with Gasteiger partial charge < -0.3 is 0 Å². The fourth-order valence-corrected chi connectivity index (χ4v) is 2.11. The molecular formula is C12H12F3N3O3. The van der Waals surface area contributed by atoms with Gasteiger partial charge in [0.25, 0.3) is 5.69 Å². The molecule has 1 fully saturated rings. The van der Waals surface area contributed by atoms with E-state index >= 15 is 0 Å². The lowest BCUT2D eigenvalue weighted by Gasteiger charge is -2.28. The van der Waals surface area contributed by atoms with Gasteiger partial charge in [0, 0.05) is 25.1 Å². The number of alkyl halides is 3. The Morgan fingerprint density at radius 2 is 1.95 bits per heavy atom. The van der Waals surface area contributed by atoms with Crippen molar-refractivity contribution in [2.45, 2.75) is 25.1 Å². The van der Waals surface area contributed by atoms with Crippen LogP contribution in [0.25, 0.3) is 0 Å². The minimum absolute atomic E-state index is 0.0179. The molecule has 0 radical (unpaired) electrons. The first-order chi connectivity index (χ1) is 9.77. The second-order valence-electron chi connectivity index (χ2n) is 4.66. The molecule has 1 unspecified atom stereocenters. The number of benzene rings is 1. The number of non-ortho nitro benzene ring substituents is 1. The van der Waals surface area contributed by atoms with Crippen LogP contribution in [-0.4, -0.2) is 34.6 Å². The summed E-state index contributed by atoms with van der Waals surface area (Å²) in [6, 6.07) is 3.03. The number of nitrogens with one attached hydrogen (secondary N) is 1. The van der Waals surface area contributed by atoms with Crippen molar-refractivity contribution in [1.82, 2.24) is 10.4 Å². The van der Waals surface area contributed by atoms with Gasteiger partial charge in [-0.05, 0) is 12.0 Å². The van der Waals surface area contributed by atoms with Crippen LogP contribution >= 0.6 is 0 Å². The normalized spacial score (nSPS) is 17.6.